The Bertz CT molecular complexity index is 1130. The lowest BCUT2D eigenvalue weighted by molar-refractivity contribution is -0.123. The molecule has 3 rings (SSSR count). The summed E-state index contributed by atoms with van der Waals surface area (Å²) in [5.74, 6) is 5.99. The van der Waals surface area contributed by atoms with Gasteiger partial charge in [-0.3, -0.25) is 9.59 Å². The first-order valence-electron chi connectivity index (χ1n) is 10.5. The van der Waals surface area contributed by atoms with Gasteiger partial charge in [-0.1, -0.05) is 48.2 Å². The van der Waals surface area contributed by atoms with E-state index in [0.717, 1.165) is 22.4 Å². The van der Waals surface area contributed by atoms with Crippen LogP contribution in [-0.4, -0.2) is 43.1 Å². The largest absolute Gasteiger partial charge is 0.496 e. The molecule has 0 aliphatic heterocycles. The molecule has 0 saturated carbocycles. The minimum Gasteiger partial charge on any atom is -0.496 e. The number of rotatable bonds is 9. The number of benzene rings is 3. The number of ether oxygens (including phenoxy) is 1. The van der Waals surface area contributed by atoms with Gasteiger partial charge in [-0.2, -0.15) is 0 Å². The van der Waals surface area contributed by atoms with Crippen LogP contribution in [0.25, 0.3) is 0 Å². The van der Waals surface area contributed by atoms with Crippen molar-refractivity contribution >= 4 is 11.7 Å². The fourth-order valence-corrected chi connectivity index (χ4v) is 3.17. The zero-order chi connectivity index (χ0) is 23.5. The SMILES string of the molecule is COc1ccccc1CNC[C@H](NC(=O)c1ccc(C#Cc2ccccc2)cc1)C(=O)CO. The van der Waals surface area contributed by atoms with Gasteiger partial charge in [0.25, 0.3) is 5.91 Å². The van der Waals surface area contributed by atoms with Crippen LogP contribution in [0, 0.1) is 11.8 Å². The van der Waals surface area contributed by atoms with Crippen molar-refractivity contribution in [3.05, 3.63) is 101 Å². The van der Waals surface area contributed by atoms with Gasteiger partial charge in [0.15, 0.2) is 5.78 Å². The summed E-state index contributed by atoms with van der Waals surface area (Å²) < 4.78 is 5.32. The van der Waals surface area contributed by atoms with Crippen LogP contribution < -0.4 is 15.4 Å². The van der Waals surface area contributed by atoms with E-state index < -0.39 is 24.3 Å². The Morgan fingerprint density at radius 1 is 0.909 bits per heavy atom. The summed E-state index contributed by atoms with van der Waals surface area (Å²) >= 11 is 0. The van der Waals surface area contributed by atoms with E-state index in [1.165, 1.54) is 0 Å². The zero-order valence-electron chi connectivity index (χ0n) is 18.4. The highest BCUT2D eigenvalue weighted by Crippen LogP contribution is 2.16. The minimum absolute atomic E-state index is 0.170. The maximum absolute atomic E-state index is 12.7. The Hall–Kier alpha value is -3.92. The van der Waals surface area contributed by atoms with E-state index in [-0.39, 0.29) is 6.54 Å². The van der Waals surface area contributed by atoms with Gasteiger partial charge in [0.1, 0.15) is 18.4 Å². The van der Waals surface area contributed by atoms with Gasteiger partial charge < -0.3 is 20.5 Å². The van der Waals surface area contributed by atoms with Crippen molar-refractivity contribution in [1.82, 2.24) is 10.6 Å². The molecule has 168 valence electrons. The molecule has 3 N–H and O–H groups in total. The smallest absolute Gasteiger partial charge is 0.251 e. The number of carbonyl (C=O) groups is 2. The van der Waals surface area contributed by atoms with Crippen LogP contribution >= 0.6 is 0 Å². The van der Waals surface area contributed by atoms with Crippen LogP contribution in [0.1, 0.15) is 27.0 Å². The Morgan fingerprint density at radius 3 is 2.21 bits per heavy atom. The van der Waals surface area contributed by atoms with E-state index in [4.69, 9.17) is 4.74 Å². The van der Waals surface area contributed by atoms with Crippen LogP contribution in [0.2, 0.25) is 0 Å². The fourth-order valence-electron chi connectivity index (χ4n) is 3.17. The molecule has 3 aromatic carbocycles. The molecule has 3 aromatic rings. The van der Waals surface area contributed by atoms with E-state index in [1.807, 2.05) is 54.6 Å². The molecule has 0 bridgehead atoms. The number of methoxy groups -OCH3 is 1. The fraction of sp³-hybridized carbons (Fsp3) is 0.185. The first-order chi connectivity index (χ1) is 16.1. The highest BCUT2D eigenvalue weighted by atomic mass is 16.5. The summed E-state index contributed by atoms with van der Waals surface area (Å²) in [4.78, 5) is 24.8. The maximum atomic E-state index is 12.7. The lowest BCUT2D eigenvalue weighted by Crippen LogP contribution is -2.48. The predicted octanol–water partition coefficient (Wildman–Crippen LogP) is 2.54. The van der Waals surface area contributed by atoms with Gasteiger partial charge in [-0.15, -0.1) is 0 Å². The summed E-state index contributed by atoms with van der Waals surface area (Å²) in [5, 5.41) is 15.2. The van der Waals surface area contributed by atoms with E-state index in [0.29, 0.717) is 12.1 Å². The topological polar surface area (TPSA) is 87.7 Å². The number of carbonyl (C=O) groups excluding carboxylic acids is 2. The molecule has 0 saturated heterocycles. The predicted molar refractivity (Wildman–Crippen MR) is 127 cm³/mol. The Balaban J connectivity index is 1.60. The molecule has 0 heterocycles. The molecule has 0 aliphatic rings. The van der Waals surface area contributed by atoms with Crippen molar-refractivity contribution in [2.75, 3.05) is 20.3 Å². The van der Waals surface area contributed by atoms with Crippen molar-refractivity contribution in [3.63, 3.8) is 0 Å². The molecule has 33 heavy (non-hydrogen) atoms. The molecule has 0 fully saturated rings. The molecule has 1 atom stereocenters. The summed E-state index contributed by atoms with van der Waals surface area (Å²) in [7, 11) is 1.59. The monoisotopic (exact) mass is 442 g/mol. The van der Waals surface area contributed by atoms with Crippen molar-refractivity contribution in [2.24, 2.45) is 0 Å². The molecule has 0 unspecified atom stereocenters. The Morgan fingerprint density at radius 2 is 1.55 bits per heavy atom. The number of amides is 1. The second kappa shape index (κ2) is 12.2. The summed E-state index contributed by atoms with van der Waals surface area (Å²) in [6.45, 7) is -0.0387. The Labute approximate surface area is 193 Å². The van der Waals surface area contributed by atoms with Crippen molar-refractivity contribution in [3.8, 4) is 17.6 Å². The molecular formula is C27H26N2O4. The summed E-state index contributed by atoms with van der Waals surface area (Å²) in [5.41, 5.74) is 3.01. The molecular weight excluding hydrogens is 416 g/mol. The molecule has 0 aromatic heterocycles. The number of ketones is 1. The second-order valence-corrected chi connectivity index (χ2v) is 7.29. The van der Waals surface area contributed by atoms with E-state index in [9.17, 15) is 14.7 Å². The van der Waals surface area contributed by atoms with Gasteiger partial charge in [-0.25, -0.2) is 0 Å². The quantitative estimate of drug-likeness (QED) is 0.444. The van der Waals surface area contributed by atoms with Crippen molar-refractivity contribution in [2.45, 2.75) is 12.6 Å². The third-order valence-electron chi connectivity index (χ3n) is 4.98. The van der Waals surface area contributed by atoms with Crippen LogP contribution in [0.15, 0.2) is 78.9 Å². The van der Waals surface area contributed by atoms with Gasteiger partial charge >= 0.3 is 0 Å². The molecule has 0 aliphatic carbocycles. The van der Waals surface area contributed by atoms with E-state index >= 15 is 0 Å². The molecule has 6 heteroatoms. The lowest BCUT2D eigenvalue weighted by Gasteiger charge is -2.18. The molecule has 1 amide bonds. The molecule has 0 spiro atoms. The van der Waals surface area contributed by atoms with E-state index in [1.54, 1.807) is 31.4 Å². The average molecular weight is 443 g/mol. The zero-order valence-corrected chi connectivity index (χ0v) is 18.4. The normalized spacial score (nSPS) is 11.1. The number of Topliss-reactive ketones (excluding diaryl/α,β-unsaturated/α-hetero) is 1. The van der Waals surface area contributed by atoms with Crippen LogP contribution in [0.5, 0.6) is 5.75 Å². The lowest BCUT2D eigenvalue weighted by atomic mass is 10.1. The summed E-state index contributed by atoms with van der Waals surface area (Å²) in [6.07, 6.45) is 0. The maximum Gasteiger partial charge on any atom is 0.251 e. The number of para-hydroxylation sites is 1. The Kier molecular flexibility index (Phi) is 8.78. The van der Waals surface area contributed by atoms with Crippen LogP contribution in [0.3, 0.4) is 0 Å². The third kappa shape index (κ3) is 7.04. The third-order valence-corrected chi connectivity index (χ3v) is 4.98. The first-order valence-corrected chi connectivity index (χ1v) is 10.5. The number of aliphatic hydroxyl groups excluding tert-OH is 1. The number of hydrogen-bond acceptors (Lipinski definition) is 5. The second-order valence-electron chi connectivity index (χ2n) is 7.29. The average Bonchev–Trinajstić information content (AvgIpc) is 2.87. The van der Waals surface area contributed by atoms with Gasteiger partial charge in [-0.05, 0) is 42.5 Å². The standard InChI is InChI=1S/C27H26N2O4/c1-33-26-10-6-5-9-23(26)17-28-18-24(25(31)19-30)29-27(32)22-15-13-21(14-16-22)12-11-20-7-3-2-4-8-20/h2-10,13-16,24,28,30H,17-19H2,1H3,(H,29,32)/t24-/m0/s1. The number of hydrogen-bond donors (Lipinski definition) is 3. The van der Waals surface area contributed by atoms with Crippen LogP contribution in [0.4, 0.5) is 0 Å². The molecule has 0 radical (unpaired) electrons. The van der Waals surface area contributed by atoms with Crippen molar-refractivity contribution < 1.29 is 19.4 Å². The number of aliphatic hydroxyl groups is 1. The minimum atomic E-state index is -0.866. The van der Waals surface area contributed by atoms with Gasteiger partial charge in [0.2, 0.25) is 0 Å². The van der Waals surface area contributed by atoms with Crippen molar-refractivity contribution in [1.29, 1.82) is 0 Å². The first kappa shape index (κ1) is 23.7. The van der Waals surface area contributed by atoms with Gasteiger partial charge in [0.05, 0.1) is 7.11 Å². The van der Waals surface area contributed by atoms with E-state index in [2.05, 4.69) is 22.5 Å². The highest BCUT2D eigenvalue weighted by Gasteiger charge is 2.20. The molecule has 6 nitrogen and oxygen atoms in total. The van der Waals surface area contributed by atoms with Crippen LogP contribution in [-0.2, 0) is 11.3 Å². The number of nitrogens with one attached hydrogen (secondary N) is 2. The van der Waals surface area contributed by atoms with Gasteiger partial charge in [0, 0.05) is 35.3 Å². The summed E-state index contributed by atoms with van der Waals surface area (Å²) in [6, 6.07) is 23.1. The highest BCUT2D eigenvalue weighted by molar-refractivity contribution is 5.98.